The van der Waals surface area contributed by atoms with E-state index in [1.165, 1.54) is 54.6 Å². The van der Waals surface area contributed by atoms with Crippen molar-refractivity contribution in [3.8, 4) is 33.4 Å². The molecule has 0 aliphatic carbocycles. The Kier molecular flexibility index (Phi) is 7.53. The number of anilines is 3. The maximum absolute atomic E-state index is 6.81. The molecule has 0 bridgehead atoms. The molecule has 0 atom stereocenters. The van der Waals surface area contributed by atoms with E-state index in [0.717, 1.165) is 50.1 Å². The van der Waals surface area contributed by atoms with Crippen LogP contribution in [0.3, 0.4) is 0 Å². The van der Waals surface area contributed by atoms with Crippen molar-refractivity contribution in [1.29, 1.82) is 0 Å². The first-order valence-electron chi connectivity index (χ1n) is 19.2. The van der Waals surface area contributed by atoms with Gasteiger partial charge in [0.1, 0.15) is 5.58 Å². The highest BCUT2D eigenvalue weighted by Crippen LogP contribution is 2.51. The van der Waals surface area contributed by atoms with Gasteiger partial charge in [-0.2, -0.15) is 0 Å². The summed E-state index contributed by atoms with van der Waals surface area (Å²) in [6.07, 6.45) is 0. The minimum atomic E-state index is 0.857. The van der Waals surface area contributed by atoms with E-state index in [1.54, 1.807) is 0 Å². The zero-order valence-electron chi connectivity index (χ0n) is 30.6. The summed E-state index contributed by atoms with van der Waals surface area (Å²) in [5.74, 6) is 0. The van der Waals surface area contributed by atoms with Gasteiger partial charge in [0.05, 0.1) is 11.4 Å². The van der Waals surface area contributed by atoms with E-state index < -0.39 is 0 Å². The van der Waals surface area contributed by atoms with Gasteiger partial charge >= 0.3 is 0 Å². The van der Waals surface area contributed by atoms with Crippen LogP contribution in [-0.2, 0) is 0 Å². The molecule has 11 aromatic rings. The third kappa shape index (κ3) is 5.26. The lowest BCUT2D eigenvalue weighted by atomic mass is 9.89. The summed E-state index contributed by atoms with van der Waals surface area (Å²) in [7, 11) is 0. The first kappa shape index (κ1) is 32.0. The highest BCUT2D eigenvalue weighted by Gasteiger charge is 2.26. The SMILES string of the molecule is c1ccc(-c2ccc(-c3ccc(N(c4c(-c5ccc6ccccc6c5)c5ccccc5c5ccccc45)c4cccc5c4oc4ccccc45)cc3)cc2)cc1. The molecule has 10 aromatic carbocycles. The van der Waals surface area contributed by atoms with Crippen LogP contribution < -0.4 is 4.90 Å². The van der Waals surface area contributed by atoms with Gasteiger partial charge in [-0.3, -0.25) is 0 Å². The third-order valence-electron chi connectivity index (χ3n) is 11.2. The first-order chi connectivity index (χ1) is 27.8. The summed E-state index contributed by atoms with van der Waals surface area (Å²) in [6, 6.07) is 76.5. The van der Waals surface area contributed by atoms with Crippen molar-refractivity contribution >= 4 is 71.3 Å². The van der Waals surface area contributed by atoms with E-state index in [-0.39, 0.29) is 0 Å². The molecule has 0 aliphatic heterocycles. The van der Waals surface area contributed by atoms with Crippen LogP contribution in [0.2, 0.25) is 0 Å². The smallest absolute Gasteiger partial charge is 0.159 e. The van der Waals surface area contributed by atoms with Crippen LogP contribution in [0.5, 0.6) is 0 Å². The average Bonchev–Trinajstić information content (AvgIpc) is 3.66. The lowest BCUT2D eigenvalue weighted by Crippen LogP contribution is -2.12. The fourth-order valence-electron chi connectivity index (χ4n) is 8.58. The van der Waals surface area contributed by atoms with E-state index in [0.29, 0.717) is 0 Å². The second-order valence-corrected chi connectivity index (χ2v) is 14.5. The molecule has 0 aliphatic rings. The summed E-state index contributed by atoms with van der Waals surface area (Å²) in [5, 5.41) is 9.44. The summed E-state index contributed by atoms with van der Waals surface area (Å²) in [5.41, 5.74) is 12.0. The second-order valence-electron chi connectivity index (χ2n) is 14.5. The van der Waals surface area contributed by atoms with E-state index in [1.807, 2.05) is 6.07 Å². The maximum atomic E-state index is 6.81. The fraction of sp³-hybridized carbons (Fsp3) is 0. The summed E-state index contributed by atoms with van der Waals surface area (Å²) >= 11 is 0. The number of fused-ring (bicyclic) bond motifs is 7. The molecule has 0 amide bonds. The average molecular weight is 714 g/mol. The highest BCUT2D eigenvalue weighted by molar-refractivity contribution is 6.23. The monoisotopic (exact) mass is 713 g/mol. The Labute approximate surface area is 325 Å². The number of hydrogen-bond acceptors (Lipinski definition) is 2. The van der Waals surface area contributed by atoms with Gasteiger partial charge in [-0.25, -0.2) is 0 Å². The number of para-hydroxylation sites is 2. The minimum absolute atomic E-state index is 0.857. The Morgan fingerprint density at radius 3 is 1.57 bits per heavy atom. The number of nitrogens with zero attached hydrogens (tertiary/aromatic N) is 1. The number of hydrogen-bond donors (Lipinski definition) is 0. The third-order valence-corrected chi connectivity index (χ3v) is 11.2. The molecule has 56 heavy (non-hydrogen) atoms. The Morgan fingerprint density at radius 1 is 0.321 bits per heavy atom. The molecule has 2 nitrogen and oxygen atoms in total. The fourth-order valence-corrected chi connectivity index (χ4v) is 8.58. The van der Waals surface area contributed by atoms with Crippen LogP contribution in [0.1, 0.15) is 0 Å². The molecule has 0 N–H and O–H groups in total. The standard InChI is InChI=1S/C54H35NO/c1-2-13-36(14-3-1)38-25-27-39(28-26-38)40-31-33-43(34-32-40)55(50-23-12-22-49-46-19-10-11-24-51(46)56-54(49)50)53-48-21-9-7-18-45(48)44-17-6-8-20-47(44)52(53)42-30-29-37-15-4-5-16-41(37)35-42/h1-35H. The van der Waals surface area contributed by atoms with Gasteiger partial charge in [0.15, 0.2) is 5.58 Å². The molecular formula is C54H35NO. The van der Waals surface area contributed by atoms with Crippen molar-refractivity contribution in [2.45, 2.75) is 0 Å². The van der Waals surface area contributed by atoms with Crippen molar-refractivity contribution in [2.24, 2.45) is 0 Å². The zero-order valence-corrected chi connectivity index (χ0v) is 30.6. The molecule has 0 radical (unpaired) electrons. The van der Waals surface area contributed by atoms with Crippen LogP contribution >= 0.6 is 0 Å². The van der Waals surface area contributed by atoms with Gasteiger partial charge in [0.2, 0.25) is 0 Å². The van der Waals surface area contributed by atoms with Gasteiger partial charge in [-0.1, -0.05) is 182 Å². The molecule has 2 heteroatoms. The minimum Gasteiger partial charge on any atom is -0.454 e. The molecule has 0 saturated heterocycles. The molecule has 0 saturated carbocycles. The second kappa shape index (κ2) is 13.2. The molecule has 0 spiro atoms. The van der Waals surface area contributed by atoms with Crippen LogP contribution in [0, 0.1) is 0 Å². The molecule has 11 rings (SSSR count). The van der Waals surface area contributed by atoms with E-state index in [4.69, 9.17) is 4.42 Å². The number of rotatable bonds is 6. The van der Waals surface area contributed by atoms with Crippen LogP contribution in [0.25, 0.3) is 87.6 Å². The molecule has 262 valence electrons. The maximum Gasteiger partial charge on any atom is 0.159 e. The Hall–Kier alpha value is -7.42. The molecule has 0 fully saturated rings. The molecular weight excluding hydrogens is 679 g/mol. The Balaban J connectivity index is 1.19. The molecule has 1 heterocycles. The first-order valence-corrected chi connectivity index (χ1v) is 19.2. The predicted octanol–water partition coefficient (Wildman–Crippen LogP) is 15.5. The van der Waals surface area contributed by atoms with Crippen molar-refractivity contribution < 1.29 is 4.42 Å². The largest absolute Gasteiger partial charge is 0.454 e. The van der Waals surface area contributed by atoms with E-state index in [2.05, 4.69) is 211 Å². The summed E-state index contributed by atoms with van der Waals surface area (Å²) in [4.78, 5) is 2.44. The normalized spacial score (nSPS) is 11.6. The molecule has 0 unspecified atom stereocenters. The quantitative estimate of drug-likeness (QED) is 0.160. The zero-order chi connectivity index (χ0) is 37.0. The van der Waals surface area contributed by atoms with Crippen molar-refractivity contribution in [3.63, 3.8) is 0 Å². The van der Waals surface area contributed by atoms with Gasteiger partial charge in [-0.05, 0) is 85.1 Å². The number of furan rings is 1. The van der Waals surface area contributed by atoms with Gasteiger partial charge in [0.25, 0.3) is 0 Å². The summed E-state index contributed by atoms with van der Waals surface area (Å²) in [6.45, 7) is 0. The van der Waals surface area contributed by atoms with Crippen LogP contribution in [-0.4, -0.2) is 0 Å². The van der Waals surface area contributed by atoms with E-state index >= 15 is 0 Å². The van der Waals surface area contributed by atoms with Crippen molar-refractivity contribution in [1.82, 2.24) is 0 Å². The van der Waals surface area contributed by atoms with Gasteiger partial charge in [0, 0.05) is 27.4 Å². The van der Waals surface area contributed by atoms with E-state index in [9.17, 15) is 0 Å². The molecule has 1 aromatic heterocycles. The highest BCUT2D eigenvalue weighted by atomic mass is 16.3. The van der Waals surface area contributed by atoms with Crippen LogP contribution in [0.15, 0.2) is 217 Å². The van der Waals surface area contributed by atoms with Gasteiger partial charge in [-0.15, -0.1) is 0 Å². The Bertz CT molecular complexity index is 3230. The lowest BCUT2D eigenvalue weighted by Gasteiger charge is -2.30. The topological polar surface area (TPSA) is 16.4 Å². The van der Waals surface area contributed by atoms with Gasteiger partial charge < -0.3 is 9.32 Å². The Morgan fingerprint density at radius 2 is 0.839 bits per heavy atom. The lowest BCUT2D eigenvalue weighted by molar-refractivity contribution is 0.669. The summed E-state index contributed by atoms with van der Waals surface area (Å²) < 4.78 is 6.81. The van der Waals surface area contributed by atoms with Crippen molar-refractivity contribution in [2.75, 3.05) is 4.90 Å². The number of benzene rings is 10. The van der Waals surface area contributed by atoms with Crippen LogP contribution in [0.4, 0.5) is 17.1 Å². The predicted molar refractivity (Wildman–Crippen MR) is 237 cm³/mol. The van der Waals surface area contributed by atoms with Crippen molar-refractivity contribution in [3.05, 3.63) is 212 Å².